The summed E-state index contributed by atoms with van der Waals surface area (Å²) in [7, 11) is 0. The van der Waals surface area contributed by atoms with E-state index in [1.165, 1.54) is 5.56 Å². The number of rotatable bonds is 5. The smallest absolute Gasteiger partial charge is 0.155 e. The van der Waals surface area contributed by atoms with Gasteiger partial charge in [-0.25, -0.2) is 4.98 Å². The molecular weight excluding hydrogens is 328 g/mol. The van der Waals surface area contributed by atoms with Gasteiger partial charge in [0.1, 0.15) is 5.71 Å². The molecule has 0 radical (unpaired) electrons. The van der Waals surface area contributed by atoms with Crippen molar-refractivity contribution < 1.29 is 0 Å². The highest BCUT2D eigenvalue weighted by atomic mass is 32.1. The Hall–Kier alpha value is -3.05. The number of hydrogen-bond acceptors (Lipinski definition) is 4. The van der Waals surface area contributed by atoms with Gasteiger partial charge in [0, 0.05) is 11.3 Å². The number of imidazole rings is 1. The van der Waals surface area contributed by atoms with Crippen LogP contribution in [0, 0.1) is 0 Å². The van der Waals surface area contributed by atoms with Crippen LogP contribution in [0.25, 0.3) is 11.0 Å². The fraction of sp³-hybridized carbons (Fsp3) is 0.0500. The van der Waals surface area contributed by atoms with E-state index in [1.54, 1.807) is 17.6 Å². The maximum Gasteiger partial charge on any atom is 0.155 e. The summed E-state index contributed by atoms with van der Waals surface area (Å²) in [5, 5.41) is 10.8. The molecule has 2 aromatic heterocycles. The molecule has 0 unspecified atom stereocenters. The normalized spacial score (nSPS) is 12.2. The molecule has 2 heterocycles. The number of fused-ring (bicyclic) bond motifs is 1. The topological polar surface area (TPSA) is 53.4 Å². The van der Waals surface area contributed by atoms with E-state index in [4.69, 9.17) is 0 Å². The number of nitrogens with one attached hydrogen (secondary N) is 1. The van der Waals surface area contributed by atoms with Gasteiger partial charge < -0.3 is 4.98 Å². The van der Waals surface area contributed by atoms with E-state index in [0.29, 0.717) is 6.42 Å². The second-order valence-corrected chi connectivity index (χ2v) is 6.55. The third-order valence-corrected chi connectivity index (χ3v) is 4.59. The number of para-hydroxylation sites is 2. The summed E-state index contributed by atoms with van der Waals surface area (Å²) in [4.78, 5) is 9.09. The zero-order chi connectivity index (χ0) is 16.9. The molecule has 0 bridgehead atoms. The van der Waals surface area contributed by atoms with Crippen LogP contribution in [0.2, 0.25) is 0 Å². The summed E-state index contributed by atoms with van der Waals surface area (Å²) in [6.07, 6.45) is 2.45. The third kappa shape index (κ3) is 3.72. The second-order valence-electron chi connectivity index (χ2n) is 5.57. The van der Waals surface area contributed by atoms with Crippen molar-refractivity contribution in [3.63, 3.8) is 0 Å². The van der Waals surface area contributed by atoms with Crippen LogP contribution in [0.1, 0.15) is 16.3 Å². The van der Waals surface area contributed by atoms with E-state index in [2.05, 4.69) is 32.3 Å². The Balaban J connectivity index is 1.69. The van der Waals surface area contributed by atoms with Crippen LogP contribution < -0.4 is 0 Å². The molecule has 0 fully saturated rings. The zero-order valence-electron chi connectivity index (χ0n) is 13.5. The van der Waals surface area contributed by atoms with E-state index in [-0.39, 0.29) is 0 Å². The van der Waals surface area contributed by atoms with Gasteiger partial charge in [0.15, 0.2) is 5.82 Å². The molecule has 0 atom stereocenters. The maximum atomic E-state index is 4.67. The van der Waals surface area contributed by atoms with E-state index in [9.17, 15) is 0 Å². The maximum absolute atomic E-state index is 4.67. The van der Waals surface area contributed by atoms with Crippen molar-refractivity contribution in [3.8, 4) is 0 Å². The van der Waals surface area contributed by atoms with E-state index >= 15 is 0 Å². The SMILES string of the molecule is C(=N/N=C(/Cc1ccccc1)c1nc2ccccc2[nH]1)c1cccs1. The van der Waals surface area contributed by atoms with Gasteiger partial charge in [0.2, 0.25) is 0 Å². The van der Waals surface area contributed by atoms with Crippen molar-refractivity contribution in [3.05, 3.63) is 88.4 Å². The van der Waals surface area contributed by atoms with Crippen molar-refractivity contribution in [1.82, 2.24) is 9.97 Å². The lowest BCUT2D eigenvalue weighted by Gasteiger charge is -2.02. The minimum Gasteiger partial charge on any atom is -0.337 e. The molecule has 0 aliphatic rings. The molecule has 122 valence electrons. The van der Waals surface area contributed by atoms with Gasteiger partial charge in [-0.2, -0.15) is 10.2 Å². The predicted molar refractivity (Wildman–Crippen MR) is 105 cm³/mol. The van der Waals surface area contributed by atoms with Gasteiger partial charge in [-0.3, -0.25) is 0 Å². The third-order valence-electron chi connectivity index (χ3n) is 3.78. The van der Waals surface area contributed by atoms with Crippen molar-refractivity contribution in [1.29, 1.82) is 0 Å². The van der Waals surface area contributed by atoms with Gasteiger partial charge >= 0.3 is 0 Å². The number of benzene rings is 2. The first-order valence-corrected chi connectivity index (χ1v) is 8.89. The molecule has 0 aliphatic carbocycles. The Morgan fingerprint density at radius 1 is 1.00 bits per heavy atom. The average Bonchev–Trinajstić information content (AvgIpc) is 3.31. The summed E-state index contributed by atoms with van der Waals surface area (Å²) >= 11 is 1.64. The predicted octanol–water partition coefficient (Wildman–Crippen LogP) is 4.69. The number of aromatic nitrogens is 2. The fourth-order valence-electron chi connectivity index (χ4n) is 2.57. The molecule has 5 heteroatoms. The van der Waals surface area contributed by atoms with Gasteiger partial charge in [-0.05, 0) is 29.1 Å². The second kappa shape index (κ2) is 7.23. The standard InChI is InChI=1S/C20H16N4S/c1-2-7-15(8-3-1)13-19(24-21-14-16-9-6-12-25-16)20-22-17-10-4-5-11-18(17)23-20/h1-12,14H,13H2,(H,22,23)/b21-14?,24-19-. The molecule has 0 aliphatic heterocycles. The lowest BCUT2D eigenvalue weighted by molar-refractivity contribution is 1.15. The largest absolute Gasteiger partial charge is 0.337 e. The summed E-state index contributed by atoms with van der Waals surface area (Å²) in [6, 6.07) is 22.2. The van der Waals surface area contributed by atoms with Crippen LogP contribution in [0.15, 0.2) is 82.3 Å². The summed E-state index contributed by atoms with van der Waals surface area (Å²) < 4.78 is 0. The number of nitrogens with zero attached hydrogens (tertiary/aromatic N) is 3. The number of thiophene rings is 1. The Morgan fingerprint density at radius 2 is 1.84 bits per heavy atom. The van der Waals surface area contributed by atoms with Gasteiger partial charge in [0.05, 0.1) is 17.2 Å². The number of aromatic amines is 1. The molecular formula is C20H16N4S. The molecule has 1 N–H and O–H groups in total. The van der Waals surface area contributed by atoms with Crippen molar-refractivity contribution in [2.24, 2.45) is 10.2 Å². The van der Waals surface area contributed by atoms with Crippen LogP contribution in [0.3, 0.4) is 0 Å². The lowest BCUT2D eigenvalue weighted by Crippen LogP contribution is -2.07. The first-order chi connectivity index (χ1) is 12.4. The summed E-state index contributed by atoms with van der Waals surface area (Å²) in [5.41, 5.74) is 3.92. The first-order valence-electron chi connectivity index (χ1n) is 8.01. The lowest BCUT2D eigenvalue weighted by atomic mass is 10.1. The fourth-order valence-corrected chi connectivity index (χ4v) is 3.14. The Kier molecular flexibility index (Phi) is 4.48. The van der Waals surface area contributed by atoms with Gasteiger partial charge in [-0.1, -0.05) is 48.5 Å². The summed E-state index contributed by atoms with van der Waals surface area (Å²) in [5.74, 6) is 0.758. The Morgan fingerprint density at radius 3 is 2.64 bits per heavy atom. The minimum atomic E-state index is 0.669. The molecule has 25 heavy (non-hydrogen) atoms. The highest BCUT2D eigenvalue weighted by Crippen LogP contribution is 2.13. The van der Waals surface area contributed by atoms with Crippen LogP contribution in [0.4, 0.5) is 0 Å². The first kappa shape index (κ1) is 15.5. The van der Waals surface area contributed by atoms with E-state index < -0.39 is 0 Å². The van der Waals surface area contributed by atoms with Crippen molar-refractivity contribution >= 4 is 34.3 Å². The van der Waals surface area contributed by atoms with Crippen LogP contribution in [0.5, 0.6) is 0 Å². The molecule has 0 saturated heterocycles. The van der Waals surface area contributed by atoms with Gasteiger partial charge in [-0.15, -0.1) is 11.3 Å². The van der Waals surface area contributed by atoms with Crippen molar-refractivity contribution in [2.45, 2.75) is 6.42 Å². The Bertz CT molecular complexity index is 981. The molecule has 0 amide bonds. The molecule has 4 rings (SSSR count). The van der Waals surface area contributed by atoms with E-state index in [1.807, 2.05) is 60.0 Å². The van der Waals surface area contributed by atoms with Crippen LogP contribution in [-0.4, -0.2) is 21.9 Å². The quantitative estimate of drug-likeness (QED) is 0.414. The average molecular weight is 344 g/mol. The van der Waals surface area contributed by atoms with E-state index in [0.717, 1.165) is 27.4 Å². The molecule has 4 aromatic rings. The molecule has 0 saturated carbocycles. The molecule has 4 nitrogen and oxygen atoms in total. The van der Waals surface area contributed by atoms with Gasteiger partial charge in [0.25, 0.3) is 0 Å². The molecule has 0 spiro atoms. The minimum absolute atomic E-state index is 0.669. The monoisotopic (exact) mass is 344 g/mol. The van der Waals surface area contributed by atoms with Crippen molar-refractivity contribution in [2.75, 3.05) is 0 Å². The summed E-state index contributed by atoms with van der Waals surface area (Å²) in [6.45, 7) is 0. The highest BCUT2D eigenvalue weighted by molar-refractivity contribution is 7.11. The number of H-pyrrole nitrogens is 1. The highest BCUT2D eigenvalue weighted by Gasteiger charge is 2.10. The molecule has 2 aromatic carbocycles. The Labute approximate surface area is 149 Å². The zero-order valence-corrected chi connectivity index (χ0v) is 14.3. The van der Waals surface area contributed by atoms with Crippen LogP contribution in [-0.2, 0) is 6.42 Å². The number of hydrogen-bond donors (Lipinski definition) is 1. The van der Waals surface area contributed by atoms with Crippen LogP contribution >= 0.6 is 11.3 Å².